The van der Waals surface area contributed by atoms with Gasteiger partial charge < -0.3 is 4.42 Å². The molecule has 2 aromatic rings. The van der Waals surface area contributed by atoms with Crippen LogP contribution in [0.4, 0.5) is 0 Å². The summed E-state index contributed by atoms with van der Waals surface area (Å²) in [6.07, 6.45) is 2.50. The Morgan fingerprint density at radius 3 is 2.54 bits per heavy atom. The molecule has 136 valence electrons. The number of carbonyl (C=O) groups excluding carboxylic acids is 1. The van der Waals surface area contributed by atoms with Crippen LogP contribution >= 0.6 is 24.0 Å². The second-order valence-corrected chi connectivity index (χ2v) is 8.84. The molecule has 3 rings (SSSR count). The van der Waals surface area contributed by atoms with Crippen LogP contribution in [0.15, 0.2) is 50.6 Å². The van der Waals surface area contributed by atoms with Gasteiger partial charge in [0, 0.05) is 18.2 Å². The zero-order chi connectivity index (χ0) is 18.9. The topological polar surface area (TPSA) is 93.6 Å². The number of hydrogen-bond donors (Lipinski definition) is 1. The Labute approximate surface area is 161 Å². The number of thiocarbonyl (C=S) groups is 1. The van der Waals surface area contributed by atoms with E-state index in [1.807, 2.05) is 6.92 Å². The van der Waals surface area contributed by atoms with E-state index in [0.29, 0.717) is 32.9 Å². The van der Waals surface area contributed by atoms with Crippen molar-refractivity contribution in [2.75, 3.05) is 6.54 Å². The van der Waals surface area contributed by atoms with Crippen LogP contribution in [0.3, 0.4) is 0 Å². The van der Waals surface area contributed by atoms with Crippen molar-refractivity contribution in [1.29, 1.82) is 0 Å². The van der Waals surface area contributed by atoms with E-state index < -0.39 is 10.0 Å². The van der Waals surface area contributed by atoms with E-state index in [1.165, 1.54) is 23.9 Å². The maximum atomic E-state index is 12.4. The van der Waals surface area contributed by atoms with Gasteiger partial charge in [0.1, 0.15) is 15.8 Å². The number of hydrogen-bond acceptors (Lipinski definition) is 6. The summed E-state index contributed by atoms with van der Waals surface area (Å²) in [5.41, 5.74) is 0.704. The zero-order valence-corrected chi connectivity index (χ0v) is 16.3. The largest absolute Gasteiger partial charge is 0.457 e. The van der Waals surface area contributed by atoms with Gasteiger partial charge in [-0.3, -0.25) is 9.69 Å². The number of thioether (sulfide) groups is 1. The highest BCUT2D eigenvalue weighted by Crippen LogP contribution is 2.33. The Kier molecular flexibility index (Phi) is 5.33. The Balaban J connectivity index is 1.82. The number of primary sulfonamides is 1. The summed E-state index contributed by atoms with van der Waals surface area (Å²) in [4.78, 5) is 14.5. The monoisotopic (exact) mass is 408 g/mol. The first kappa shape index (κ1) is 18.8. The molecule has 6 nitrogen and oxygen atoms in total. The summed E-state index contributed by atoms with van der Waals surface area (Å²) in [5.74, 6) is 0.964. The third kappa shape index (κ3) is 3.90. The predicted molar refractivity (Wildman–Crippen MR) is 106 cm³/mol. The first-order valence-electron chi connectivity index (χ1n) is 7.78. The molecule has 1 saturated heterocycles. The van der Waals surface area contributed by atoms with E-state index >= 15 is 0 Å². The normalized spacial score (nSPS) is 16.7. The number of sulfonamides is 1. The molecule has 1 fully saturated rings. The van der Waals surface area contributed by atoms with Crippen molar-refractivity contribution in [2.45, 2.75) is 18.2 Å². The van der Waals surface area contributed by atoms with Crippen molar-refractivity contribution in [2.24, 2.45) is 5.14 Å². The van der Waals surface area contributed by atoms with Gasteiger partial charge in [0.25, 0.3) is 5.91 Å². The smallest absolute Gasteiger partial charge is 0.266 e. The summed E-state index contributed by atoms with van der Waals surface area (Å²) in [7, 11) is -3.73. The lowest BCUT2D eigenvalue weighted by molar-refractivity contribution is -0.122. The molecule has 0 spiro atoms. The van der Waals surface area contributed by atoms with Crippen LogP contribution in [-0.2, 0) is 14.8 Å². The fourth-order valence-electron chi connectivity index (χ4n) is 2.44. The highest BCUT2D eigenvalue weighted by molar-refractivity contribution is 8.26. The molecular formula is C17H16N2O4S3. The van der Waals surface area contributed by atoms with Crippen LogP contribution in [0.25, 0.3) is 17.4 Å². The average Bonchev–Trinajstić information content (AvgIpc) is 3.15. The van der Waals surface area contributed by atoms with Crippen molar-refractivity contribution < 1.29 is 17.6 Å². The molecule has 1 aromatic heterocycles. The fourth-order valence-corrected chi connectivity index (χ4v) is 4.24. The lowest BCUT2D eigenvalue weighted by Crippen LogP contribution is -2.28. The van der Waals surface area contributed by atoms with Gasteiger partial charge in [0.15, 0.2) is 0 Å². The number of nitrogens with two attached hydrogens (primary N) is 1. The highest BCUT2D eigenvalue weighted by atomic mass is 32.2. The Bertz CT molecular complexity index is 991. The molecule has 1 aliphatic heterocycles. The van der Waals surface area contributed by atoms with E-state index in [0.717, 1.165) is 6.42 Å². The summed E-state index contributed by atoms with van der Waals surface area (Å²) in [6, 6.07) is 9.57. The van der Waals surface area contributed by atoms with Crippen molar-refractivity contribution >= 4 is 50.3 Å². The number of carbonyl (C=O) groups is 1. The lowest BCUT2D eigenvalue weighted by Gasteiger charge is -2.11. The fraction of sp³-hybridized carbons (Fsp3) is 0.176. The average molecular weight is 409 g/mol. The van der Waals surface area contributed by atoms with Gasteiger partial charge >= 0.3 is 0 Å². The van der Waals surface area contributed by atoms with Crippen LogP contribution in [0.1, 0.15) is 19.1 Å². The highest BCUT2D eigenvalue weighted by Gasteiger charge is 2.31. The lowest BCUT2D eigenvalue weighted by atomic mass is 10.2. The molecule has 0 radical (unpaired) electrons. The number of amides is 1. The van der Waals surface area contributed by atoms with Gasteiger partial charge in [-0.1, -0.05) is 30.9 Å². The Morgan fingerprint density at radius 1 is 1.23 bits per heavy atom. The molecule has 0 bridgehead atoms. The summed E-state index contributed by atoms with van der Waals surface area (Å²) >= 11 is 6.49. The Hall–Kier alpha value is -1.94. The molecule has 1 aromatic carbocycles. The van der Waals surface area contributed by atoms with Gasteiger partial charge in [0.05, 0.1) is 9.80 Å². The Morgan fingerprint density at radius 2 is 1.92 bits per heavy atom. The van der Waals surface area contributed by atoms with Gasteiger partial charge in [-0.25, -0.2) is 13.6 Å². The quantitative estimate of drug-likeness (QED) is 0.603. The van der Waals surface area contributed by atoms with Crippen LogP contribution in [-0.4, -0.2) is 30.1 Å². The van der Waals surface area contributed by atoms with Gasteiger partial charge in [-0.15, -0.1) is 0 Å². The van der Waals surface area contributed by atoms with Crippen molar-refractivity contribution in [3.63, 3.8) is 0 Å². The SMILES string of the molecule is CCCN1C(=O)/C(=C/c2ccc(-c3ccc(S(N)(=O)=O)cc3)o2)SC1=S. The first-order chi connectivity index (χ1) is 12.3. The van der Waals surface area contributed by atoms with E-state index in [4.69, 9.17) is 21.8 Å². The minimum Gasteiger partial charge on any atom is -0.457 e. The molecule has 9 heteroatoms. The zero-order valence-electron chi connectivity index (χ0n) is 13.8. The molecule has 0 unspecified atom stereocenters. The number of furan rings is 1. The van der Waals surface area contributed by atoms with Gasteiger partial charge in [0.2, 0.25) is 10.0 Å². The molecule has 0 saturated carbocycles. The molecule has 1 aliphatic rings. The van der Waals surface area contributed by atoms with Crippen molar-refractivity contribution in [3.05, 3.63) is 47.1 Å². The number of nitrogens with zero attached hydrogens (tertiary/aromatic N) is 1. The predicted octanol–water partition coefficient (Wildman–Crippen LogP) is 3.21. The van der Waals surface area contributed by atoms with Crippen LogP contribution in [0.2, 0.25) is 0 Å². The van der Waals surface area contributed by atoms with Crippen LogP contribution < -0.4 is 5.14 Å². The van der Waals surface area contributed by atoms with E-state index in [1.54, 1.807) is 35.2 Å². The second kappa shape index (κ2) is 7.36. The summed E-state index contributed by atoms with van der Waals surface area (Å²) in [5, 5.41) is 5.09. The van der Waals surface area contributed by atoms with Crippen molar-refractivity contribution in [1.82, 2.24) is 4.90 Å². The minimum absolute atomic E-state index is 0.0348. The van der Waals surface area contributed by atoms with Crippen molar-refractivity contribution in [3.8, 4) is 11.3 Å². The maximum Gasteiger partial charge on any atom is 0.266 e. The van der Waals surface area contributed by atoms with E-state index in [-0.39, 0.29) is 10.8 Å². The van der Waals surface area contributed by atoms with E-state index in [2.05, 4.69) is 0 Å². The number of benzene rings is 1. The standard InChI is InChI=1S/C17H16N2O4S3/c1-2-9-19-16(20)15(25-17(19)24)10-12-5-8-14(23-12)11-3-6-13(7-4-11)26(18,21)22/h3-8,10H,2,9H2,1H3,(H2,18,21,22)/b15-10-. The summed E-state index contributed by atoms with van der Waals surface area (Å²) in [6.45, 7) is 2.59. The summed E-state index contributed by atoms with van der Waals surface area (Å²) < 4.78 is 28.9. The molecule has 26 heavy (non-hydrogen) atoms. The van der Waals surface area contributed by atoms with Crippen LogP contribution in [0.5, 0.6) is 0 Å². The molecular weight excluding hydrogens is 392 g/mol. The second-order valence-electron chi connectivity index (χ2n) is 5.60. The van der Waals surface area contributed by atoms with Gasteiger partial charge in [-0.05, 0) is 42.8 Å². The third-order valence-corrected chi connectivity index (χ3v) is 6.00. The third-order valence-electron chi connectivity index (χ3n) is 3.69. The number of rotatable bonds is 5. The molecule has 2 N–H and O–H groups in total. The molecule has 0 atom stereocenters. The van der Waals surface area contributed by atoms with E-state index in [9.17, 15) is 13.2 Å². The van der Waals surface area contributed by atoms with Crippen LogP contribution in [0, 0.1) is 0 Å². The minimum atomic E-state index is -3.73. The molecule has 1 amide bonds. The molecule has 0 aliphatic carbocycles. The van der Waals surface area contributed by atoms with Gasteiger partial charge in [-0.2, -0.15) is 0 Å². The maximum absolute atomic E-state index is 12.4. The first-order valence-corrected chi connectivity index (χ1v) is 10.5. The molecule has 2 heterocycles.